The normalized spacial score (nSPS) is 15.0. The van der Waals surface area contributed by atoms with E-state index in [2.05, 4.69) is 6.58 Å². The molecule has 0 bridgehead atoms. The van der Waals surface area contributed by atoms with Crippen LogP contribution in [-0.2, 0) is 16.1 Å². The van der Waals surface area contributed by atoms with Crippen molar-refractivity contribution in [2.75, 3.05) is 27.2 Å². The smallest absolute Gasteiger partial charge is 0.245 e. The Balaban J connectivity index is 1.92. The fourth-order valence-electron chi connectivity index (χ4n) is 3.18. The maximum atomic E-state index is 12.6. The summed E-state index contributed by atoms with van der Waals surface area (Å²) in [6.07, 6.45) is 2.76. The highest BCUT2D eigenvalue weighted by molar-refractivity contribution is 5.87. The van der Waals surface area contributed by atoms with Crippen molar-refractivity contribution in [1.29, 1.82) is 0 Å². The molecule has 1 aromatic rings. The van der Waals surface area contributed by atoms with Crippen LogP contribution in [0.25, 0.3) is 0 Å². The van der Waals surface area contributed by atoms with E-state index in [-0.39, 0.29) is 17.7 Å². The molecule has 0 aliphatic carbocycles. The molecule has 5 nitrogen and oxygen atoms in total. The molecule has 5 heteroatoms. The average Bonchev–Trinajstić information content (AvgIpc) is 2.60. The summed E-state index contributed by atoms with van der Waals surface area (Å²) in [6.45, 7) is 7.33. The predicted octanol–water partition coefficient (Wildman–Crippen LogP) is 2.39. The second kappa shape index (κ2) is 7.99. The molecule has 1 saturated heterocycles. The van der Waals surface area contributed by atoms with Crippen LogP contribution in [0.15, 0.2) is 30.9 Å². The van der Waals surface area contributed by atoms with Crippen LogP contribution in [0.2, 0.25) is 0 Å². The molecule has 0 aromatic heterocycles. The lowest BCUT2D eigenvalue weighted by atomic mass is 9.95. The first-order valence-corrected chi connectivity index (χ1v) is 8.26. The summed E-state index contributed by atoms with van der Waals surface area (Å²) in [5.41, 5.74) is 2.15. The largest absolute Gasteiger partial charge is 0.496 e. The van der Waals surface area contributed by atoms with Crippen LogP contribution in [-0.4, -0.2) is 48.9 Å². The van der Waals surface area contributed by atoms with Crippen molar-refractivity contribution in [2.45, 2.75) is 26.3 Å². The van der Waals surface area contributed by atoms with E-state index < -0.39 is 0 Å². The molecule has 0 saturated carbocycles. The zero-order valence-electron chi connectivity index (χ0n) is 14.7. The molecule has 2 amide bonds. The Labute approximate surface area is 143 Å². The van der Waals surface area contributed by atoms with Gasteiger partial charge in [-0.25, -0.2) is 0 Å². The van der Waals surface area contributed by atoms with Crippen LogP contribution in [0.4, 0.5) is 0 Å². The summed E-state index contributed by atoms with van der Waals surface area (Å²) in [5.74, 6) is 0.937. The van der Waals surface area contributed by atoms with E-state index in [1.54, 1.807) is 16.9 Å². The van der Waals surface area contributed by atoms with Crippen LogP contribution in [0.3, 0.4) is 0 Å². The molecule has 1 aliphatic heterocycles. The number of aryl methyl sites for hydroxylation is 1. The summed E-state index contributed by atoms with van der Waals surface area (Å²) < 4.78 is 5.27. The second-order valence-electron chi connectivity index (χ2n) is 6.30. The molecule has 1 fully saturated rings. The number of likely N-dealkylation sites (tertiary alicyclic amines) is 1. The van der Waals surface area contributed by atoms with Crippen molar-refractivity contribution in [1.82, 2.24) is 9.80 Å². The fraction of sp³-hybridized carbons (Fsp3) is 0.474. The molecular weight excluding hydrogens is 304 g/mol. The standard InChI is InChI=1S/C19H26N2O3/c1-5-18(22)21-10-8-16(9-11-21)19(23)20(3)13-15-6-7-17(24-4)14(2)12-15/h5-7,12,16H,1,8-11,13H2,2-4H3. The Morgan fingerprint density at radius 2 is 2.04 bits per heavy atom. The monoisotopic (exact) mass is 330 g/mol. The maximum absolute atomic E-state index is 12.6. The number of ether oxygens (including phenoxy) is 1. The van der Waals surface area contributed by atoms with Crippen LogP contribution in [0.5, 0.6) is 5.75 Å². The highest BCUT2D eigenvalue weighted by atomic mass is 16.5. The zero-order chi connectivity index (χ0) is 17.7. The number of benzene rings is 1. The Kier molecular flexibility index (Phi) is 6.01. The van der Waals surface area contributed by atoms with Crippen molar-refractivity contribution >= 4 is 11.8 Å². The van der Waals surface area contributed by atoms with Gasteiger partial charge in [0.2, 0.25) is 11.8 Å². The summed E-state index contributed by atoms with van der Waals surface area (Å²) in [5, 5.41) is 0. The Morgan fingerprint density at radius 1 is 1.38 bits per heavy atom. The highest BCUT2D eigenvalue weighted by Gasteiger charge is 2.28. The van der Waals surface area contributed by atoms with Gasteiger partial charge in [0.05, 0.1) is 7.11 Å². The molecule has 24 heavy (non-hydrogen) atoms. The predicted molar refractivity (Wildman–Crippen MR) is 93.7 cm³/mol. The van der Waals surface area contributed by atoms with Crippen molar-refractivity contribution < 1.29 is 14.3 Å². The minimum absolute atomic E-state index is 0.0109. The van der Waals surface area contributed by atoms with E-state index in [0.29, 0.717) is 32.5 Å². The van der Waals surface area contributed by atoms with E-state index >= 15 is 0 Å². The maximum Gasteiger partial charge on any atom is 0.245 e. The molecule has 0 N–H and O–H groups in total. The zero-order valence-corrected chi connectivity index (χ0v) is 14.7. The summed E-state index contributed by atoms with van der Waals surface area (Å²) in [6, 6.07) is 5.97. The minimum Gasteiger partial charge on any atom is -0.496 e. The summed E-state index contributed by atoms with van der Waals surface area (Å²) >= 11 is 0. The van der Waals surface area contributed by atoms with Gasteiger partial charge in [-0.1, -0.05) is 18.7 Å². The van der Waals surface area contributed by atoms with Gasteiger partial charge >= 0.3 is 0 Å². The lowest BCUT2D eigenvalue weighted by molar-refractivity contribution is -0.138. The first kappa shape index (κ1) is 18.0. The third kappa shape index (κ3) is 4.16. The number of carbonyl (C=O) groups is 2. The molecule has 1 aromatic carbocycles. The third-order valence-corrected chi connectivity index (χ3v) is 4.59. The van der Waals surface area contributed by atoms with Crippen molar-refractivity contribution in [3.05, 3.63) is 42.0 Å². The molecule has 0 spiro atoms. The molecule has 2 rings (SSSR count). The van der Waals surface area contributed by atoms with Gasteiger partial charge in [0.25, 0.3) is 0 Å². The quantitative estimate of drug-likeness (QED) is 0.779. The second-order valence-corrected chi connectivity index (χ2v) is 6.30. The van der Waals surface area contributed by atoms with Crippen LogP contribution in [0.1, 0.15) is 24.0 Å². The first-order chi connectivity index (χ1) is 11.5. The van der Waals surface area contributed by atoms with Gasteiger partial charge in [-0.05, 0) is 43.0 Å². The molecule has 0 radical (unpaired) electrons. The van der Waals surface area contributed by atoms with Gasteiger partial charge in [0.1, 0.15) is 5.75 Å². The molecular formula is C19H26N2O3. The SMILES string of the molecule is C=CC(=O)N1CCC(C(=O)N(C)Cc2ccc(OC)c(C)c2)CC1. The van der Waals surface area contributed by atoms with Crippen molar-refractivity contribution in [2.24, 2.45) is 5.92 Å². The summed E-state index contributed by atoms with van der Waals surface area (Å²) in [4.78, 5) is 27.8. The number of nitrogens with zero attached hydrogens (tertiary/aromatic N) is 2. The van der Waals surface area contributed by atoms with Crippen molar-refractivity contribution in [3.8, 4) is 5.75 Å². The average molecular weight is 330 g/mol. The van der Waals surface area contributed by atoms with E-state index in [1.807, 2.05) is 32.2 Å². The lowest BCUT2D eigenvalue weighted by Crippen LogP contribution is -2.42. The Bertz CT molecular complexity index is 619. The van der Waals surface area contributed by atoms with Crippen LogP contribution >= 0.6 is 0 Å². The molecule has 1 aliphatic rings. The van der Waals surface area contributed by atoms with Gasteiger partial charge in [0.15, 0.2) is 0 Å². The van der Waals surface area contributed by atoms with Gasteiger partial charge in [-0.15, -0.1) is 0 Å². The van der Waals surface area contributed by atoms with Gasteiger partial charge in [-0.2, -0.15) is 0 Å². The highest BCUT2D eigenvalue weighted by Crippen LogP contribution is 2.22. The third-order valence-electron chi connectivity index (χ3n) is 4.59. The van der Waals surface area contributed by atoms with E-state index in [4.69, 9.17) is 4.74 Å². The number of hydrogen-bond acceptors (Lipinski definition) is 3. The lowest BCUT2D eigenvalue weighted by Gasteiger charge is -2.32. The number of methoxy groups -OCH3 is 1. The van der Waals surface area contributed by atoms with E-state index in [1.165, 1.54) is 6.08 Å². The molecule has 0 unspecified atom stereocenters. The van der Waals surface area contributed by atoms with Crippen LogP contribution in [0, 0.1) is 12.8 Å². The Hall–Kier alpha value is -2.30. The molecule has 0 atom stereocenters. The Morgan fingerprint density at radius 3 is 2.58 bits per heavy atom. The number of rotatable bonds is 5. The summed E-state index contributed by atoms with van der Waals surface area (Å²) in [7, 11) is 3.49. The number of carbonyl (C=O) groups excluding carboxylic acids is 2. The fourth-order valence-corrected chi connectivity index (χ4v) is 3.18. The van der Waals surface area contributed by atoms with Crippen molar-refractivity contribution in [3.63, 3.8) is 0 Å². The van der Waals surface area contributed by atoms with Gasteiger partial charge in [-0.3, -0.25) is 9.59 Å². The van der Waals surface area contributed by atoms with Crippen LogP contribution < -0.4 is 4.74 Å². The van der Waals surface area contributed by atoms with Gasteiger partial charge in [0, 0.05) is 32.6 Å². The number of piperidine rings is 1. The molecule has 130 valence electrons. The first-order valence-electron chi connectivity index (χ1n) is 8.26. The topological polar surface area (TPSA) is 49.9 Å². The number of hydrogen-bond donors (Lipinski definition) is 0. The molecule has 1 heterocycles. The van der Waals surface area contributed by atoms with E-state index in [9.17, 15) is 9.59 Å². The minimum atomic E-state index is -0.0528. The van der Waals surface area contributed by atoms with Gasteiger partial charge < -0.3 is 14.5 Å². The van der Waals surface area contributed by atoms with E-state index in [0.717, 1.165) is 16.9 Å². The number of amides is 2.